The summed E-state index contributed by atoms with van der Waals surface area (Å²) >= 11 is 0. The number of rotatable bonds is 37. The third-order valence-corrected chi connectivity index (χ3v) is 9.06. The van der Waals surface area contributed by atoms with Crippen LogP contribution in [-0.2, 0) is 19.1 Å². The molecule has 1 N–H and O–H groups in total. The zero-order valence-corrected chi connectivity index (χ0v) is 30.9. The molecular weight excluding hydrogens is 572 g/mol. The zero-order chi connectivity index (χ0) is 33.6. The molecule has 272 valence electrons. The van der Waals surface area contributed by atoms with E-state index >= 15 is 0 Å². The highest BCUT2D eigenvalue weighted by atomic mass is 16.6. The van der Waals surface area contributed by atoms with Crippen LogP contribution in [-0.4, -0.2) is 36.4 Å². The summed E-state index contributed by atoms with van der Waals surface area (Å²) in [5.41, 5.74) is 0. The van der Waals surface area contributed by atoms with Crippen molar-refractivity contribution in [3.05, 3.63) is 12.2 Å². The molecule has 0 saturated heterocycles. The topological polar surface area (TPSA) is 72.8 Å². The molecule has 0 radical (unpaired) electrons. The molecule has 46 heavy (non-hydrogen) atoms. The molecule has 0 saturated carbocycles. The van der Waals surface area contributed by atoms with Crippen LogP contribution >= 0.6 is 0 Å². The molecule has 0 aromatic rings. The molecule has 0 heterocycles. The van der Waals surface area contributed by atoms with Crippen molar-refractivity contribution in [2.45, 2.75) is 225 Å². The summed E-state index contributed by atoms with van der Waals surface area (Å²) in [6, 6.07) is 0. The first-order chi connectivity index (χ1) is 22.6. The average molecular weight is 651 g/mol. The number of allylic oxidation sites excluding steroid dienone is 2. The second kappa shape index (κ2) is 38.1. The molecule has 0 aliphatic heterocycles. The van der Waals surface area contributed by atoms with Crippen molar-refractivity contribution in [1.29, 1.82) is 0 Å². The molecular formula is C41H78O5. The van der Waals surface area contributed by atoms with Gasteiger partial charge in [0.15, 0.2) is 6.10 Å². The first kappa shape index (κ1) is 44.6. The van der Waals surface area contributed by atoms with E-state index in [-0.39, 0.29) is 25.2 Å². The van der Waals surface area contributed by atoms with Crippen LogP contribution in [0.25, 0.3) is 0 Å². The SMILES string of the molecule is CCCCCC/C=C\CCCCCCCC(=O)OC[C@H](CO)OC(=O)CCCCCCCCCCCCCCCCCCCCC. The number of carbonyl (C=O) groups excluding carboxylic acids is 2. The van der Waals surface area contributed by atoms with Gasteiger partial charge in [0.2, 0.25) is 0 Å². The van der Waals surface area contributed by atoms with Gasteiger partial charge in [-0.1, -0.05) is 180 Å². The predicted molar refractivity (Wildman–Crippen MR) is 196 cm³/mol. The van der Waals surface area contributed by atoms with Crippen LogP contribution in [0.1, 0.15) is 219 Å². The van der Waals surface area contributed by atoms with Gasteiger partial charge in [-0.25, -0.2) is 0 Å². The van der Waals surface area contributed by atoms with Gasteiger partial charge in [0.1, 0.15) is 6.61 Å². The van der Waals surface area contributed by atoms with Gasteiger partial charge in [0.05, 0.1) is 6.61 Å². The van der Waals surface area contributed by atoms with Crippen LogP contribution < -0.4 is 0 Å². The Morgan fingerprint density at radius 3 is 1.20 bits per heavy atom. The Hall–Kier alpha value is -1.36. The van der Waals surface area contributed by atoms with Crippen LogP contribution in [0.5, 0.6) is 0 Å². The molecule has 5 heteroatoms. The first-order valence-corrected chi connectivity index (χ1v) is 20.2. The summed E-state index contributed by atoms with van der Waals surface area (Å²) in [7, 11) is 0. The van der Waals surface area contributed by atoms with Crippen LogP contribution in [0.3, 0.4) is 0 Å². The van der Waals surface area contributed by atoms with Crippen molar-refractivity contribution in [1.82, 2.24) is 0 Å². The van der Waals surface area contributed by atoms with E-state index < -0.39 is 6.10 Å². The number of aliphatic hydroxyl groups is 1. The lowest BCUT2D eigenvalue weighted by atomic mass is 10.0. The van der Waals surface area contributed by atoms with Crippen molar-refractivity contribution in [2.75, 3.05) is 13.2 Å². The fraction of sp³-hybridized carbons (Fsp3) is 0.902. The Kier molecular flexibility index (Phi) is 37.0. The first-order valence-electron chi connectivity index (χ1n) is 20.2. The molecule has 0 fully saturated rings. The Morgan fingerprint density at radius 1 is 0.478 bits per heavy atom. The fourth-order valence-electron chi connectivity index (χ4n) is 5.96. The van der Waals surface area contributed by atoms with E-state index in [4.69, 9.17) is 9.47 Å². The van der Waals surface area contributed by atoms with Gasteiger partial charge < -0.3 is 14.6 Å². The Bertz CT molecular complexity index is 661. The molecule has 0 amide bonds. The summed E-state index contributed by atoms with van der Waals surface area (Å²) in [4.78, 5) is 24.2. The van der Waals surface area contributed by atoms with Crippen molar-refractivity contribution in [3.8, 4) is 0 Å². The summed E-state index contributed by atoms with van der Waals surface area (Å²) < 4.78 is 10.6. The van der Waals surface area contributed by atoms with Gasteiger partial charge in [-0.05, 0) is 38.5 Å². The maximum Gasteiger partial charge on any atom is 0.306 e. The van der Waals surface area contributed by atoms with Crippen molar-refractivity contribution in [3.63, 3.8) is 0 Å². The molecule has 0 aliphatic rings. The molecule has 0 spiro atoms. The van der Waals surface area contributed by atoms with E-state index in [1.54, 1.807) is 0 Å². The largest absolute Gasteiger partial charge is 0.462 e. The molecule has 0 aromatic carbocycles. The normalized spacial score (nSPS) is 12.2. The number of ether oxygens (including phenoxy) is 2. The van der Waals surface area contributed by atoms with Gasteiger partial charge in [0.25, 0.3) is 0 Å². The molecule has 0 unspecified atom stereocenters. The van der Waals surface area contributed by atoms with Gasteiger partial charge in [-0.3, -0.25) is 9.59 Å². The van der Waals surface area contributed by atoms with Crippen molar-refractivity contribution < 1.29 is 24.2 Å². The lowest BCUT2D eigenvalue weighted by molar-refractivity contribution is -0.161. The highest BCUT2D eigenvalue weighted by molar-refractivity contribution is 5.70. The number of hydrogen-bond acceptors (Lipinski definition) is 5. The summed E-state index contributed by atoms with van der Waals surface area (Å²) in [5, 5.41) is 9.55. The fourth-order valence-corrected chi connectivity index (χ4v) is 5.96. The Labute approximate surface area is 286 Å². The maximum atomic E-state index is 12.2. The number of esters is 2. The molecule has 0 aromatic heterocycles. The molecule has 0 aliphatic carbocycles. The van der Waals surface area contributed by atoms with E-state index in [9.17, 15) is 14.7 Å². The smallest absolute Gasteiger partial charge is 0.306 e. The minimum Gasteiger partial charge on any atom is -0.462 e. The van der Waals surface area contributed by atoms with E-state index in [1.807, 2.05) is 0 Å². The second-order valence-electron chi connectivity index (χ2n) is 13.7. The maximum absolute atomic E-state index is 12.2. The van der Waals surface area contributed by atoms with Gasteiger partial charge in [-0.2, -0.15) is 0 Å². The summed E-state index contributed by atoms with van der Waals surface area (Å²) in [6.07, 6.45) is 42.7. The quantitative estimate of drug-likeness (QED) is 0.0411. The highest BCUT2D eigenvalue weighted by Gasteiger charge is 2.16. The number of unbranched alkanes of at least 4 members (excludes halogenated alkanes) is 27. The minimum atomic E-state index is -0.767. The van der Waals surface area contributed by atoms with Crippen LogP contribution in [0.4, 0.5) is 0 Å². The van der Waals surface area contributed by atoms with Crippen molar-refractivity contribution >= 4 is 11.9 Å². The van der Waals surface area contributed by atoms with Crippen LogP contribution in [0.15, 0.2) is 12.2 Å². The molecule has 0 bridgehead atoms. The standard InChI is InChI=1S/C41H78O5/c1-3-5-7-9-11-13-15-17-18-19-20-21-22-24-26-28-30-32-34-36-41(44)46-39(37-42)38-45-40(43)35-33-31-29-27-25-23-16-14-12-10-8-6-4-2/h14,16,39,42H,3-13,15,17-38H2,1-2H3/b16-14-/t39-/m0/s1. The lowest BCUT2D eigenvalue weighted by Gasteiger charge is -2.15. The summed E-state index contributed by atoms with van der Waals surface area (Å²) in [6.45, 7) is 4.13. The van der Waals surface area contributed by atoms with E-state index in [2.05, 4.69) is 26.0 Å². The second-order valence-corrected chi connectivity index (χ2v) is 13.7. The van der Waals surface area contributed by atoms with E-state index in [0.717, 1.165) is 44.9 Å². The third kappa shape index (κ3) is 35.5. The number of carbonyl (C=O) groups is 2. The Morgan fingerprint density at radius 2 is 0.804 bits per heavy atom. The van der Waals surface area contributed by atoms with Crippen LogP contribution in [0.2, 0.25) is 0 Å². The molecule has 1 atom stereocenters. The zero-order valence-electron chi connectivity index (χ0n) is 30.9. The van der Waals surface area contributed by atoms with E-state index in [0.29, 0.717) is 12.8 Å². The number of hydrogen-bond donors (Lipinski definition) is 1. The molecule has 5 nitrogen and oxygen atoms in total. The van der Waals surface area contributed by atoms with Crippen molar-refractivity contribution in [2.24, 2.45) is 0 Å². The van der Waals surface area contributed by atoms with Gasteiger partial charge in [-0.15, -0.1) is 0 Å². The molecule has 0 rings (SSSR count). The van der Waals surface area contributed by atoms with Crippen LogP contribution in [0, 0.1) is 0 Å². The van der Waals surface area contributed by atoms with Gasteiger partial charge in [0, 0.05) is 12.8 Å². The highest BCUT2D eigenvalue weighted by Crippen LogP contribution is 2.15. The monoisotopic (exact) mass is 651 g/mol. The number of aliphatic hydroxyl groups excluding tert-OH is 1. The third-order valence-electron chi connectivity index (χ3n) is 9.06. The van der Waals surface area contributed by atoms with Gasteiger partial charge >= 0.3 is 11.9 Å². The minimum absolute atomic E-state index is 0.0644. The summed E-state index contributed by atoms with van der Waals surface area (Å²) in [5.74, 6) is -0.590. The predicted octanol–water partition coefficient (Wildman–Crippen LogP) is 12.5. The average Bonchev–Trinajstić information content (AvgIpc) is 3.06. The Balaban J connectivity index is 3.50. The lowest BCUT2D eigenvalue weighted by Crippen LogP contribution is -2.28. The van der Waals surface area contributed by atoms with E-state index in [1.165, 1.54) is 148 Å².